The molecule has 0 aliphatic heterocycles. The predicted octanol–water partition coefficient (Wildman–Crippen LogP) is 4.38. The average molecular weight is 309 g/mol. The lowest BCUT2D eigenvalue weighted by Crippen LogP contribution is -2.43. The van der Waals surface area contributed by atoms with E-state index in [-0.39, 0.29) is 0 Å². The van der Waals surface area contributed by atoms with E-state index < -0.39 is 0 Å². The zero-order chi connectivity index (χ0) is 15.1. The molecule has 0 amide bonds. The van der Waals surface area contributed by atoms with Crippen LogP contribution < -0.4 is 5.32 Å². The molecule has 2 nitrogen and oxygen atoms in total. The van der Waals surface area contributed by atoms with E-state index in [2.05, 4.69) is 48.5 Å². The van der Waals surface area contributed by atoms with E-state index in [1.807, 2.05) is 11.3 Å². The van der Waals surface area contributed by atoms with Crippen LogP contribution in [0.3, 0.4) is 0 Å². The summed E-state index contributed by atoms with van der Waals surface area (Å²) in [5, 5.41) is 5.93. The Morgan fingerprint density at radius 3 is 2.67 bits per heavy atom. The molecule has 1 aliphatic carbocycles. The van der Waals surface area contributed by atoms with Crippen LogP contribution in [0.4, 0.5) is 0 Å². The molecule has 21 heavy (non-hydrogen) atoms. The summed E-state index contributed by atoms with van der Waals surface area (Å²) < 4.78 is 0. The van der Waals surface area contributed by atoms with Gasteiger partial charge in [0.2, 0.25) is 0 Å². The number of nitrogens with one attached hydrogen (secondary N) is 1. The van der Waals surface area contributed by atoms with Gasteiger partial charge in [0.05, 0.1) is 0 Å². The highest BCUT2D eigenvalue weighted by atomic mass is 32.1. The van der Waals surface area contributed by atoms with Crippen molar-refractivity contribution < 1.29 is 0 Å². The fraction of sp³-hybridized carbons (Fsp3) is 0.778. The maximum Gasteiger partial charge on any atom is 0.0328 e. The average Bonchev–Trinajstić information content (AvgIpc) is 3.10. The molecule has 1 saturated carbocycles. The van der Waals surface area contributed by atoms with Crippen molar-refractivity contribution in [3.8, 4) is 0 Å². The first-order valence-corrected chi connectivity index (χ1v) is 9.47. The zero-order valence-corrected chi connectivity index (χ0v) is 14.8. The Kier molecular flexibility index (Phi) is 6.72. The van der Waals surface area contributed by atoms with Gasteiger partial charge in [0.25, 0.3) is 0 Å². The van der Waals surface area contributed by atoms with Gasteiger partial charge in [-0.05, 0) is 48.7 Å². The van der Waals surface area contributed by atoms with Gasteiger partial charge in [-0.25, -0.2) is 0 Å². The third-order valence-corrected chi connectivity index (χ3v) is 5.54. The molecule has 0 saturated heterocycles. The van der Waals surface area contributed by atoms with Gasteiger partial charge in [-0.2, -0.15) is 0 Å². The third-order valence-electron chi connectivity index (χ3n) is 4.68. The summed E-state index contributed by atoms with van der Waals surface area (Å²) in [5.41, 5.74) is 0.516. The summed E-state index contributed by atoms with van der Waals surface area (Å²) in [6.45, 7) is 12.8. The third kappa shape index (κ3) is 5.39. The highest BCUT2D eigenvalue weighted by molar-refractivity contribution is 7.09. The molecule has 0 aromatic carbocycles. The Hall–Kier alpha value is -0.380. The van der Waals surface area contributed by atoms with Gasteiger partial charge in [0.1, 0.15) is 0 Å². The quantitative estimate of drug-likeness (QED) is 0.728. The lowest BCUT2D eigenvalue weighted by atomic mass is 9.85. The van der Waals surface area contributed by atoms with Crippen LogP contribution >= 0.6 is 11.3 Å². The second-order valence-corrected chi connectivity index (χ2v) is 8.15. The van der Waals surface area contributed by atoms with Crippen LogP contribution in [0.1, 0.15) is 51.3 Å². The number of nitrogens with zero attached hydrogens (tertiary/aromatic N) is 1. The first-order chi connectivity index (χ1) is 10.1. The lowest BCUT2D eigenvalue weighted by Gasteiger charge is -2.35. The Morgan fingerprint density at radius 2 is 2.10 bits per heavy atom. The fourth-order valence-corrected chi connectivity index (χ4v) is 4.26. The standard InChI is InChI=1S/C18H32N2S/c1-4-20(13-17-8-7-11-21-17)15-18(9-5-6-10-18)14-19-12-16(2)3/h7-8,11,16,19H,4-6,9-10,12-15H2,1-3H3. The Bertz CT molecular complexity index is 380. The van der Waals surface area contributed by atoms with Crippen LogP contribution in [0.25, 0.3) is 0 Å². The Morgan fingerprint density at radius 1 is 1.33 bits per heavy atom. The van der Waals surface area contributed by atoms with E-state index in [0.717, 1.165) is 25.6 Å². The molecule has 0 spiro atoms. The van der Waals surface area contributed by atoms with Gasteiger partial charge in [-0.3, -0.25) is 4.90 Å². The van der Waals surface area contributed by atoms with Gasteiger partial charge >= 0.3 is 0 Å². The minimum Gasteiger partial charge on any atom is -0.316 e. The maximum absolute atomic E-state index is 3.73. The van der Waals surface area contributed by atoms with E-state index in [1.165, 1.54) is 43.6 Å². The van der Waals surface area contributed by atoms with Crippen LogP contribution in [0.5, 0.6) is 0 Å². The molecule has 1 N–H and O–H groups in total. The molecular weight excluding hydrogens is 276 g/mol. The molecular formula is C18H32N2S. The highest BCUT2D eigenvalue weighted by Crippen LogP contribution is 2.38. The van der Waals surface area contributed by atoms with Crippen molar-refractivity contribution in [3.05, 3.63) is 22.4 Å². The van der Waals surface area contributed by atoms with Crippen molar-refractivity contribution >= 4 is 11.3 Å². The molecule has 0 bridgehead atoms. The smallest absolute Gasteiger partial charge is 0.0328 e. The summed E-state index contributed by atoms with van der Waals surface area (Å²) >= 11 is 1.89. The molecule has 1 heterocycles. The van der Waals surface area contributed by atoms with E-state index in [4.69, 9.17) is 0 Å². The monoisotopic (exact) mass is 308 g/mol. The minimum absolute atomic E-state index is 0.516. The van der Waals surface area contributed by atoms with Crippen molar-refractivity contribution in [1.82, 2.24) is 10.2 Å². The largest absolute Gasteiger partial charge is 0.316 e. The second-order valence-electron chi connectivity index (χ2n) is 7.11. The van der Waals surface area contributed by atoms with Gasteiger partial charge in [-0.15, -0.1) is 11.3 Å². The molecule has 0 unspecified atom stereocenters. The Labute approximate surface area is 134 Å². The lowest BCUT2D eigenvalue weighted by molar-refractivity contribution is 0.148. The van der Waals surface area contributed by atoms with Gasteiger partial charge in [-0.1, -0.05) is 39.7 Å². The van der Waals surface area contributed by atoms with E-state index in [9.17, 15) is 0 Å². The number of hydrogen-bond donors (Lipinski definition) is 1. The van der Waals surface area contributed by atoms with Gasteiger partial charge in [0.15, 0.2) is 0 Å². The maximum atomic E-state index is 3.73. The fourth-order valence-electron chi connectivity index (χ4n) is 3.52. The summed E-state index contributed by atoms with van der Waals surface area (Å²) in [4.78, 5) is 4.15. The topological polar surface area (TPSA) is 15.3 Å². The van der Waals surface area contributed by atoms with Crippen molar-refractivity contribution in [2.75, 3.05) is 26.2 Å². The van der Waals surface area contributed by atoms with Crippen LogP contribution in [0, 0.1) is 11.3 Å². The summed E-state index contributed by atoms with van der Waals surface area (Å²) in [6, 6.07) is 4.44. The van der Waals surface area contributed by atoms with Crippen molar-refractivity contribution in [1.29, 1.82) is 0 Å². The molecule has 3 heteroatoms. The van der Waals surface area contributed by atoms with Gasteiger partial charge in [0, 0.05) is 24.5 Å². The van der Waals surface area contributed by atoms with Crippen molar-refractivity contribution in [3.63, 3.8) is 0 Å². The first-order valence-electron chi connectivity index (χ1n) is 8.59. The molecule has 1 aliphatic rings. The number of thiophene rings is 1. The van der Waals surface area contributed by atoms with E-state index in [0.29, 0.717) is 5.41 Å². The summed E-state index contributed by atoms with van der Waals surface area (Å²) in [6.07, 6.45) is 5.64. The van der Waals surface area contributed by atoms with Crippen LogP contribution in [0.2, 0.25) is 0 Å². The van der Waals surface area contributed by atoms with Gasteiger partial charge < -0.3 is 5.32 Å². The Balaban J connectivity index is 1.90. The molecule has 2 rings (SSSR count). The SMILES string of the molecule is CCN(Cc1cccs1)CC1(CNCC(C)C)CCCC1. The number of rotatable bonds is 9. The molecule has 0 atom stereocenters. The van der Waals surface area contributed by atoms with E-state index in [1.54, 1.807) is 0 Å². The normalized spacial score (nSPS) is 18.0. The zero-order valence-electron chi connectivity index (χ0n) is 14.0. The second kappa shape index (κ2) is 8.30. The molecule has 0 radical (unpaired) electrons. The van der Waals surface area contributed by atoms with Crippen LogP contribution in [-0.4, -0.2) is 31.1 Å². The van der Waals surface area contributed by atoms with E-state index >= 15 is 0 Å². The summed E-state index contributed by atoms with van der Waals surface area (Å²) in [5.74, 6) is 0.747. The molecule has 1 aromatic heterocycles. The molecule has 120 valence electrons. The number of hydrogen-bond acceptors (Lipinski definition) is 3. The van der Waals surface area contributed by atoms with Crippen molar-refractivity contribution in [2.24, 2.45) is 11.3 Å². The molecule has 1 fully saturated rings. The molecule has 1 aromatic rings. The van der Waals surface area contributed by atoms with Crippen LogP contribution in [-0.2, 0) is 6.54 Å². The van der Waals surface area contributed by atoms with Crippen LogP contribution in [0.15, 0.2) is 17.5 Å². The minimum atomic E-state index is 0.516. The summed E-state index contributed by atoms with van der Waals surface area (Å²) in [7, 11) is 0. The highest BCUT2D eigenvalue weighted by Gasteiger charge is 2.34. The first kappa shape index (κ1) is 17.0. The predicted molar refractivity (Wildman–Crippen MR) is 93.9 cm³/mol. The van der Waals surface area contributed by atoms with Crippen molar-refractivity contribution in [2.45, 2.75) is 53.0 Å².